The van der Waals surface area contributed by atoms with Crippen molar-refractivity contribution in [2.45, 2.75) is 13.3 Å². The van der Waals surface area contributed by atoms with Crippen molar-refractivity contribution in [3.63, 3.8) is 0 Å². The topological polar surface area (TPSA) is 61.0 Å². The Morgan fingerprint density at radius 3 is 2.33 bits per heavy atom. The molecule has 0 spiro atoms. The van der Waals surface area contributed by atoms with E-state index in [4.69, 9.17) is 5.73 Å². The van der Waals surface area contributed by atoms with Crippen molar-refractivity contribution in [3.8, 4) is 0 Å². The lowest BCUT2D eigenvalue weighted by Gasteiger charge is -2.06. The Hall–Kier alpha value is -0.860. The third-order valence-corrected chi connectivity index (χ3v) is 1.83. The van der Waals surface area contributed by atoms with Gasteiger partial charge < -0.3 is 11.9 Å². The van der Waals surface area contributed by atoms with E-state index in [-0.39, 0.29) is 6.15 Å². The maximum absolute atomic E-state index is 5.52. The van der Waals surface area contributed by atoms with E-state index in [1.54, 1.807) is 0 Å². The summed E-state index contributed by atoms with van der Waals surface area (Å²) in [7, 11) is 0. The van der Waals surface area contributed by atoms with Crippen LogP contribution in [0.15, 0.2) is 30.3 Å². The van der Waals surface area contributed by atoms with Gasteiger partial charge >= 0.3 is 0 Å². The zero-order valence-corrected chi connectivity index (χ0v) is 7.66. The molecule has 1 rings (SSSR count). The molecule has 0 radical (unpaired) electrons. The molecule has 0 saturated heterocycles. The monoisotopic (exact) mass is 166 g/mol. The van der Waals surface area contributed by atoms with Crippen LogP contribution in [-0.2, 0) is 6.42 Å². The third kappa shape index (κ3) is 3.51. The van der Waals surface area contributed by atoms with Crippen LogP contribution in [0.25, 0.3) is 0 Å². The Labute approximate surface area is 74.4 Å². The van der Waals surface area contributed by atoms with Crippen LogP contribution >= 0.6 is 0 Å². The molecule has 0 aliphatic carbocycles. The molecule has 1 aromatic carbocycles. The summed E-state index contributed by atoms with van der Waals surface area (Å²) in [5.74, 6) is 0.595. The van der Waals surface area contributed by atoms with Gasteiger partial charge in [0.25, 0.3) is 0 Å². The maximum Gasteiger partial charge on any atom is -0.00483 e. The summed E-state index contributed by atoms with van der Waals surface area (Å²) in [5, 5.41) is 0. The van der Waals surface area contributed by atoms with E-state index in [0.717, 1.165) is 13.0 Å². The minimum Gasteiger partial charge on any atom is -0.344 e. The van der Waals surface area contributed by atoms with Gasteiger partial charge in [0, 0.05) is 0 Å². The van der Waals surface area contributed by atoms with Crippen LogP contribution in [-0.4, -0.2) is 6.54 Å². The van der Waals surface area contributed by atoms with Crippen LogP contribution in [0, 0.1) is 5.92 Å². The van der Waals surface area contributed by atoms with Crippen molar-refractivity contribution in [3.05, 3.63) is 35.9 Å². The smallest absolute Gasteiger partial charge is 0.00483 e. The van der Waals surface area contributed by atoms with Crippen molar-refractivity contribution in [2.24, 2.45) is 11.7 Å². The second kappa shape index (κ2) is 5.75. The predicted octanol–water partition coefficient (Wildman–Crippen LogP) is 1.99. The molecule has 2 nitrogen and oxygen atoms in total. The molecule has 2 heteroatoms. The van der Waals surface area contributed by atoms with E-state index in [0.29, 0.717) is 5.92 Å². The second-order valence-corrected chi connectivity index (χ2v) is 3.03. The summed E-state index contributed by atoms with van der Waals surface area (Å²) in [5.41, 5.74) is 6.90. The highest BCUT2D eigenvalue weighted by Crippen LogP contribution is 2.05. The fraction of sp³-hybridized carbons (Fsp3) is 0.400. The maximum atomic E-state index is 5.52. The molecule has 1 atom stereocenters. The van der Waals surface area contributed by atoms with Crippen molar-refractivity contribution in [2.75, 3.05) is 6.54 Å². The Balaban J connectivity index is 0.00000121. The molecule has 0 aliphatic heterocycles. The lowest BCUT2D eigenvalue weighted by atomic mass is 10.0. The van der Waals surface area contributed by atoms with E-state index in [2.05, 4.69) is 31.2 Å². The van der Waals surface area contributed by atoms with Crippen LogP contribution in [0.2, 0.25) is 0 Å². The fourth-order valence-corrected chi connectivity index (χ4v) is 1.10. The standard InChI is InChI=1S/C10H15N.H3N/c1-9(8-11)7-10-5-3-2-4-6-10;/h2-6,9H,7-8,11H2,1H3;1H3. The van der Waals surface area contributed by atoms with Gasteiger partial charge in [-0.25, -0.2) is 0 Å². The first-order valence-corrected chi connectivity index (χ1v) is 4.07. The first-order chi connectivity index (χ1) is 5.33. The fourth-order valence-electron chi connectivity index (χ4n) is 1.10. The zero-order valence-electron chi connectivity index (χ0n) is 7.66. The molecule has 0 saturated carbocycles. The number of hydrogen-bond donors (Lipinski definition) is 2. The summed E-state index contributed by atoms with van der Waals surface area (Å²) in [4.78, 5) is 0. The van der Waals surface area contributed by atoms with E-state index >= 15 is 0 Å². The number of nitrogens with two attached hydrogens (primary N) is 1. The van der Waals surface area contributed by atoms with Gasteiger partial charge in [0.2, 0.25) is 0 Å². The van der Waals surface area contributed by atoms with Gasteiger partial charge in [0.05, 0.1) is 0 Å². The lowest BCUT2D eigenvalue weighted by Crippen LogP contribution is -2.12. The predicted molar refractivity (Wildman–Crippen MR) is 53.4 cm³/mol. The quantitative estimate of drug-likeness (QED) is 0.721. The second-order valence-electron chi connectivity index (χ2n) is 3.03. The first kappa shape index (κ1) is 11.1. The Kier molecular flexibility index (Phi) is 5.34. The molecule has 1 unspecified atom stereocenters. The van der Waals surface area contributed by atoms with Gasteiger partial charge in [-0.2, -0.15) is 0 Å². The normalized spacial score (nSPS) is 11.8. The Bertz CT molecular complexity index is 196. The third-order valence-electron chi connectivity index (χ3n) is 1.83. The number of hydrogen-bond acceptors (Lipinski definition) is 2. The summed E-state index contributed by atoms with van der Waals surface area (Å²) in [6.45, 7) is 2.95. The molecule has 0 amide bonds. The van der Waals surface area contributed by atoms with Crippen molar-refractivity contribution < 1.29 is 0 Å². The molecule has 5 N–H and O–H groups in total. The summed E-state index contributed by atoms with van der Waals surface area (Å²) in [6, 6.07) is 10.5. The molecule has 0 bridgehead atoms. The Morgan fingerprint density at radius 1 is 1.25 bits per heavy atom. The average molecular weight is 166 g/mol. The van der Waals surface area contributed by atoms with Crippen LogP contribution in [0.5, 0.6) is 0 Å². The van der Waals surface area contributed by atoms with E-state index in [9.17, 15) is 0 Å². The molecule has 0 heterocycles. The van der Waals surface area contributed by atoms with Crippen LogP contribution in [0.4, 0.5) is 0 Å². The van der Waals surface area contributed by atoms with Gasteiger partial charge in [-0.3, -0.25) is 0 Å². The molecule has 0 fully saturated rings. The minimum atomic E-state index is 0. The van der Waals surface area contributed by atoms with Crippen molar-refractivity contribution >= 4 is 0 Å². The van der Waals surface area contributed by atoms with Crippen LogP contribution < -0.4 is 11.9 Å². The SMILES string of the molecule is CC(CN)Cc1ccccc1.N. The summed E-state index contributed by atoms with van der Waals surface area (Å²) >= 11 is 0. The van der Waals surface area contributed by atoms with Gasteiger partial charge in [0.1, 0.15) is 0 Å². The van der Waals surface area contributed by atoms with E-state index in [1.807, 2.05) is 6.07 Å². The Morgan fingerprint density at radius 2 is 1.83 bits per heavy atom. The average Bonchev–Trinajstić information content (AvgIpc) is 2.06. The molecule has 68 valence electrons. The highest BCUT2D eigenvalue weighted by atomic mass is 14.5. The van der Waals surface area contributed by atoms with Crippen LogP contribution in [0.3, 0.4) is 0 Å². The molecule has 1 aromatic rings. The first-order valence-electron chi connectivity index (χ1n) is 4.07. The molecular formula is C10H18N2. The molecule has 12 heavy (non-hydrogen) atoms. The summed E-state index contributed by atoms with van der Waals surface area (Å²) < 4.78 is 0. The molecular weight excluding hydrogens is 148 g/mol. The van der Waals surface area contributed by atoms with Gasteiger partial charge in [-0.1, -0.05) is 37.3 Å². The van der Waals surface area contributed by atoms with Crippen molar-refractivity contribution in [1.82, 2.24) is 6.15 Å². The lowest BCUT2D eigenvalue weighted by molar-refractivity contribution is 0.593. The van der Waals surface area contributed by atoms with Gasteiger partial charge in [0.15, 0.2) is 0 Å². The van der Waals surface area contributed by atoms with Crippen LogP contribution in [0.1, 0.15) is 12.5 Å². The largest absolute Gasteiger partial charge is 0.344 e. The number of rotatable bonds is 3. The number of benzene rings is 1. The van der Waals surface area contributed by atoms with Gasteiger partial charge in [-0.05, 0) is 24.4 Å². The van der Waals surface area contributed by atoms with E-state index < -0.39 is 0 Å². The minimum absolute atomic E-state index is 0. The van der Waals surface area contributed by atoms with Gasteiger partial charge in [-0.15, -0.1) is 0 Å². The van der Waals surface area contributed by atoms with E-state index in [1.165, 1.54) is 5.56 Å². The molecule has 0 aliphatic rings. The highest BCUT2D eigenvalue weighted by molar-refractivity contribution is 5.15. The highest BCUT2D eigenvalue weighted by Gasteiger charge is 1.98. The zero-order chi connectivity index (χ0) is 8.10. The summed E-state index contributed by atoms with van der Waals surface area (Å²) in [6.07, 6.45) is 1.09. The molecule has 0 aromatic heterocycles. The van der Waals surface area contributed by atoms with Crippen molar-refractivity contribution in [1.29, 1.82) is 0 Å².